The molecule has 130 valence electrons. The third kappa shape index (κ3) is 2.84. The molecule has 3 nitrogen and oxygen atoms in total. The molecule has 5 rings (SSSR count). The van der Waals surface area contributed by atoms with E-state index in [2.05, 4.69) is 83.3 Å². The largest absolute Gasteiger partial charge is 0.327 e. The Morgan fingerprint density at radius 1 is 0.741 bits per heavy atom. The monoisotopic (exact) mass is 367 g/mol. The zero-order valence-corrected chi connectivity index (χ0v) is 15.6. The van der Waals surface area contributed by atoms with Crippen LogP contribution in [0.5, 0.6) is 0 Å². The number of benzene rings is 3. The molecule has 0 saturated heterocycles. The van der Waals surface area contributed by atoms with E-state index in [1.165, 1.54) is 10.3 Å². The summed E-state index contributed by atoms with van der Waals surface area (Å²) in [5, 5.41) is 1.05. The van der Waals surface area contributed by atoms with Gasteiger partial charge in [-0.25, -0.2) is 9.97 Å². The number of thiazole rings is 1. The van der Waals surface area contributed by atoms with Crippen LogP contribution in [-0.4, -0.2) is 14.5 Å². The summed E-state index contributed by atoms with van der Waals surface area (Å²) in [4.78, 5) is 9.39. The predicted molar refractivity (Wildman–Crippen MR) is 113 cm³/mol. The van der Waals surface area contributed by atoms with Gasteiger partial charge in [0.25, 0.3) is 0 Å². The minimum atomic E-state index is 0.963. The first-order valence-corrected chi connectivity index (χ1v) is 9.65. The molecule has 0 unspecified atom stereocenters. The first-order valence-electron chi connectivity index (χ1n) is 8.83. The van der Waals surface area contributed by atoms with Gasteiger partial charge in [0.1, 0.15) is 10.8 Å². The van der Waals surface area contributed by atoms with Crippen LogP contribution in [0.3, 0.4) is 0 Å². The zero-order valence-electron chi connectivity index (χ0n) is 14.8. The van der Waals surface area contributed by atoms with E-state index >= 15 is 0 Å². The maximum absolute atomic E-state index is 4.74. The lowest BCUT2D eigenvalue weighted by atomic mass is 10.1. The first-order chi connectivity index (χ1) is 13.3. The highest BCUT2D eigenvalue weighted by atomic mass is 32.1. The number of hydrogen-bond acceptors (Lipinski definition) is 3. The quantitative estimate of drug-likeness (QED) is 0.390. The van der Waals surface area contributed by atoms with Gasteiger partial charge in [0.05, 0.1) is 22.1 Å². The van der Waals surface area contributed by atoms with E-state index in [4.69, 9.17) is 4.98 Å². The van der Waals surface area contributed by atoms with Crippen molar-refractivity contribution in [3.63, 3.8) is 0 Å². The summed E-state index contributed by atoms with van der Waals surface area (Å²) in [5.74, 6) is 0.963. The summed E-state index contributed by atoms with van der Waals surface area (Å²) in [6.07, 6.45) is 1.94. The van der Waals surface area contributed by atoms with Gasteiger partial charge in [0.15, 0.2) is 0 Å². The van der Waals surface area contributed by atoms with Gasteiger partial charge in [0.2, 0.25) is 0 Å². The fraction of sp³-hybridized carbons (Fsp3) is 0.0435. The molecule has 3 aromatic carbocycles. The van der Waals surface area contributed by atoms with Crippen LogP contribution < -0.4 is 0 Å². The van der Waals surface area contributed by atoms with Crippen LogP contribution in [0, 0.1) is 0 Å². The minimum Gasteiger partial charge on any atom is -0.327 e. The van der Waals surface area contributed by atoms with Gasteiger partial charge >= 0.3 is 0 Å². The van der Waals surface area contributed by atoms with E-state index in [0.717, 1.165) is 33.2 Å². The molecule has 0 N–H and O–H groups in total. The van der Waals surface area contributed by atoms with Crippen LogP contribution in [0.15, 0.2) is 85.1 Å². The molecule has 0 radical (unpaired) electrons. The lowest BCUT2D eigenvalue weighted by molar-refractivity contribution is 0.933. The zero-order chi connectivity index (χ0) is 18.2. The minimum absolute atomic E-state index is 0.963. The second kappa shape index (κ2) is 6.49. The Labute approximate surface area is 161 Å². The van der Waals surface area contributed by atoms with Gasteiger partial charge in [-0.3, -0.25) is 0 Å². The maximum Gasteiger partial charge on any atom is 0.140 e. The van der Waals surface area contributed by atoms with E-state index in [-0.39, 0.29) is 0 Å². The molecule has 4 heteroatoms. The number of fused-ring (bicyclic) bond motifs is 1. The maximum atomic E-state index is 4.74. The smallest absolute Gasteiger partial charge is 0.140 e. The van der Waals surface area contributed by atoms with Crippen molar-refractivity contribution >= 4 is 21.6 Å². The molecule has 0 amide bonds. The number of rotatable bonds is 3. The number of imidazole rings is 1. The van der Waals surface area contributed by atoms with Crippen molar-refractivity contribution in [3.05, 3.63) is 85.1 Å². The van der Waals surface area contributed by atoms with Gasteiger partial charge in [-0.05, 0) is 17.7 Å². The van der Waals surface area contributed by atoms with Gasteiger partial charge in [-0.2, -0.15) is 0 Å². The molecule has 2 heterocycles. The van der Waals surface area contributed by atoms with Crippen molar-refractivity contribution in [1.82, 2.24) is 14.5 Å². The van der Waals surface area contributed by atoms with Gasteiger partial charge < -0.3 is 4.57 Å². The van der Waals surface area contributed by atoms with E-state index < -0.39 is 0 Å². The predicted octanol–water partition coefficient (Wildman–Crippen LogP) is 6.03. The summed E-state index contributed by atoms with van der Waals surface area (Å²) in [7, 11) is 2.06. The summed E-state index contributed by atoms with van der Waals surface area (Å²) in [6, 6.07) is 27.1. The molecule has 0 aliphatic rings. The fourth-order valence-electron chi connectivity index (χ4n) is 3.31. The summed E-state index contributed by atoms with van der Waals surface area (Å²) in [5.41, 5.74) is 5.57. The molecule has 0 atom stereocenters. The van der Waals surface area contributed by atoms with Crippen LogP contribution >= 0.6 is 11.3 Å². The van der Waals surface area contributed by atoms with Gasteiger partial charge in [-0.1, -0.05) is 66.7 Å². The average molecular weight is 367 g/mol. The molecular formula is C23H17N3S. The third-order valence-corrected chi connectivity index (χ3v) is 5.83. The molecule has 5 aromatic rings. The second-order valence-electron chi connectivity index (χ2n) is 6.46. The molecule has 0 aliphatic carbocycles. The topological polar surface area (TPSA) is 30.7 Å². The standard InChI is InChI=1S/C23H17N3S/c1-26-20(16-7-3-2-4-8-16)15-24-22(26)17-11-13-18(14-12-17)23-25-19-9-5-6-10-21(19)27-23/h2-15H,1H3. The lowest BCUT2D eigenvalue weighted by Gasteiger charge is -2.07. The normalized spacial score (nSPS) is 11.1. The molecular weight excluding hydrogens is 350 g/mol. The molecule has 27 heavy (non-hydrogen) atoms. The first kappa shape index (κ1) is 16.0. The highest BCUT2D eigenvalue weighted by Gasteiger charge is 2.11. The number of aromatic nitrogens is 3. The van der Waals surface area contributed by atoms with Crippen LogP contribution in [0.4, 0.5) is 0 Å². The average Bonchev–Trinajstić information content (AvgIpc) is 3.32. The number of nitrogens with zero attached hydrogens (tertiary/aromatic N) is 3. The van der Waals surface area contributed by atoms with Crippen molar-refractivity contribution in [1.29, 1.82) is 0 Å². The molecule has 2 aromatic heterocycles. The molecule has 0 aliphatic heterocycles. The SMILES string of the molecule is Cn1c(-c2ccccc2)cnc1-c1ccc(-c2nc3ccccc3s2)cc1. The fourth-order valence-corrected chi connectivity index (χ4v) is 4.28. The molecule has 0 spiro atoms. The Bertz CT molecular complexity index is 1180. The molecule has 0 saturated carbocycles. The van der Waals surface area contributed by atoms with Crippen molar-refractivity contribution in [3.8, 4) is 33.2 Å². The summed E-state index contributed by atoms with van der Waals surface area (Å²) < 4.78 is 3.36. The van der Waals surface area contributed by atoms with Crippen molar-refractivity contribution < 1.29 is 0 Å². The Balaban J connectivity index is 1.50. The van der Waals surface area contributed by atoms with E-state index in [1.807, 2.05) is 18.3 Å². The van der Waals surface area contributed by atoms with E-state index in [9.17, 15) is 0 Å². The van der Waals surface area contributed by atoms with Gasteiger partial charge in [-0.15, -0.1) is 11.3 Å². The van der Waals surface area contributed by atoms with Crippen molar-refractivity contribution in [2.45, 2.75) is 0 Å². The highest BCUT2D eigenvalue weighted by molar-refractivity contribution is 7.21. The third-order valence-electron chi connectivity index (χ3n) is 4.74. The Hall–Kier alpha value is -3.24. The Morgan fingerprint density at radius 2 is 1.44 bits per heavy atom. The lowest BCUT2D eigenvalue weighted by Crippen LogP contribution is -1.95. The number of para-hydroxylation sites is 1. The van der Waals surface area contributed by atoms with E-state index in [0.29, 0.717) is 0 Å². The van der Waals surface area contributed by atoms with Crippen molar-refractivity contribution in [2.24, 2.45) is 7.05 Å². The van der Waals surface area contributed by atoms with E-state index in [1.54, 1.807) is 11.3 Å². The van der Waals surface area contributed by atoms with Gasteiger partial charge in [0, 0.05) is 18.2 Å². The molecule has 0 fully saturated rings. The van der Waals surface area contributed by atoms with Crippen LogP contribution in [0.2, 0.25) is 0 Å². The Kier molecular flexibility index (Phi) is 3.84. The van der Waals surface area contributed by atoms with Crippen molar-refractivity contribution in [2.75, 3.05) is 0 Å². The molecule has 0 bridgehead atoms. The highest BCUT2D eigenvalue weighted by Crippen LogP contribution is 2.32. The van der Waals surface area contributed by atoms with Crippen LogP contribution in [0.1, 0.15) is 0 Å². The second-order valence-corrected chi connectivity index (χ2v) is 7.49. The van der Waals surface area contributed by atoms with Crippen LogP contribution in [-0.2, 0) is 7.05 Å². The summed E-state index contributed by atoms with van der Waals surface area (Å²) >= 11 is 1.72. The summed E-state index contributed by atoms with van der Waals surface area (Å²) in [6.45, 7) is 0. The Morgan fingerprint density at radius 3 is 2.22 bits per heavy atom. The van der Waals surface area contributed by atoms with Crippen LogP contribution in [0.25, 0.3) is 43.4 Å². The number of hydrogen-bond donors (Lipinski definition) is 0.